The first-order valence-electron chi connectivity index (χ1n) is 6.38. The lowest BCUT2D eigenvalue weighted by molar-refractivity contribution is 0.659. The highest BCUT2D eigenvalue weighted by Crippen LogP contribution is 2.24. The molecular formula is C14H18ClN3. The van der Waals surface area contributed by atoms with E-state index in [0.29, 0.717) is 5.88 Å². The molecule has 0 aliphatic heterocycles. The minimum Gasteiger partial charge on any atom is -0.310 e. The van der Waals surface area contributed by atoms with Crippen LogP contribution in [0.3, 0.4) is 0 Å². The van der Waals surface area contributed by atoms with Crippen LogP contribution in [0.25, 0.3) is 11.4 Å². The van der Waals surface area contributed by atoms with Gasteiger partial charge in [0.15, 0.2) is 5.82 Å². The average molecular weight is 264 g/mol. The van der Waals surface area contributed by atoms with Crippen molar-refractivity contribution < 1.29 is 0 Å². The Morgan fingerprint density at radius 1 is 1.17 bits per heavy atom. The molecule has 1 aromatic heterocycles. The molecule has 18 heavy (non-hydrogen) atoms. The normalized spacial score (nSPS) is 10.8. The summed E-state index contributed by atoms with van der Waals surface area (Å²) in [5, 5.41) is 8.50. The Labute approximate surface area is 113 Å². The van der Waals surface area contributed by atoms with Gasteiger partial charge in [0.1, 0.15) is 5.82 Å². The fourth-order valence-corrected chi connectivity index (χ4v) is 2.34. The first-order valence-corrected chi connectivity index (χ1v) is 6.91. The fourth-order valence-electron chi connectivity index (χ4n) is 2.14. The van der Waals surface area contributed by atoms with Gasteiger partial charge in [0, 0.05) is 12.1 Å². The third-order valence-corrected chi connectivity index (χ3v) is 3.27. The third kappa shape index (κ3) is 2.41. The van der Waals surface area contributed by atoms with E-state index in [-0.39, 0.29) is 0 Å². The average Bonchev–Trinajstić information content (AvgIpc) is 2.82. The van der Waals surface area contributed by atoms with Crippen LogP contribution in [-0.4, -0.2) is 14.8 Å². The maximum Gasteiger partial charge on any atom is 0.164 e. The highest BCUT2D eigenvalue weighted by molar-refractivity contribution is 6.16. The molecule has 3 nitrogen and oxygen atoms in total. The summed E-state index contributed by atoms with van der Waals surface area (Å²) in [7, 11) is 0. The number of rotatable bonds is 5. The van der Waals surface area contributed by atoms with Gasteiger partial charge in [0.2, 0.25) is 0 Å². The topological polar surface area (TPSA) is 30.7 Å². The van der Waals surface area contributed by atoms with E-state index in [1.807, 2.05) is 6.07 Å². The maximum absolute atomic E-state index is 5.92. The molecule has 0 amide bonds. The summed E-state index contributed by atoms with van der Waals surface area (Å²) in [6.07, 6.45) is 2.04. The van der Waals surface area contributed by atoms with E-state index in [1.165, 1.54) is 5.56 Å². The van der Waals surface area contributed by atoms with E-state index in [4.69, 9.17) is 11.6 Å². The number of halogens is 1. The van der Waals surface area contributed by atoms with E-state index in [9.17, 15) is 0 Å². The second-order valence-electron chi connectivity index (χ2n) is 4.24. The lowest BCUT2D eigenvalue weighted by Crippen LogP contribution is -2.05. The molecular weight excluding hydrogens is 246 g/mol. The van der Waals surface area contributed by atoms with Crippen LogP contribution < -0.4 is 0 Å². The van der Waals surface area contributed by atoms with Crippen molar-refractivity contribution in [2.24, 2.45) is 0 Å². The van der Waals surface area contributed by atoms with Crippen LogP contribution in [0, 0.1) is 0 Å². The quantitative estimate of drug-likeness (QED) is 0.771. The molecule has 2 rings (SSSR count). The van der Waals surface area contributed by atoms with Crippen molar-refractivity contribution in [1.29, 1.82) is 0 Å². The van der Waals surface area contributed by atoms with Crippen molar-refractivity contribution in [3.63, 3.8) is 0 Å². The zero-order valence-corrected chi connectivity index (χ0v) is 11.6. The summed E-state index contributed by atoms with van der Waals surface area (Å²) >= 11 is 5.92. The summed E-state index contributed by atoms with van der Waals surface area (Å²) in [6, 6.07) is 8.35. The van der Waals surface area contributed by atoms with Crippen LogP contribution in [-0.2, 0) is 18.8 Å². The van der Waals surface area contributed by atoms with Gasteiger partial charge in [-0.05, 0) is 18.4 Å². The van der Waals surface area contributed by atoms with E-state index in [1.54, 1.807) is 0 Å². The predicted octanol–water partition coefficient (Wildman–Crippen LogP) is 3.66. The van der Waals surface area contributed by atoms with Gasteiger partial charge in [-0.2, -0.15) is 0 Å². The number of hydrogen-bond acceptors (Lipinski definition) is 2. The molecule has 0 saturated carbocycles. The first kappa shape index (κ1) is 13.1. The lowest BCUT2D eigenvalue weighted by atomic mass is 10.0. The lowest BCUT2D eigenvalue weighted by Gasteiger charge is -2.10. The van der Waals surface area contributed by atoms with Crippen molar-refractivity contribution >= 4 is 11.6 Å². The molecule has 0 N–H and O–H groups in total. The number of aryl methyl sites for hydroxylation is 1. The molecule has 0 aliphatic carbocycles. The Kier molecular flexibility index (Phi) is 4.37. The molecule has 0 bridgehead atoms. The minimum absolute atomic E-state index is 0.404. The van der Waals surface area contributed by atoms with Crippen LogP contribution in [0.15, 0.2) is 24.3 Å². The van der Waals surface area contributed by atoms with Gasteiger partial charge in [-0.15, -0.1) is 21.8 Å². The number of nitrogens with zero attached hydrogens (tertiary/aromatic N) is 3. The van der Waals surface area contributed by atoms with Gasteiger partial charge in [-0.25, -0.2) is 0 Å². The Morgan fingerprint density at radius 3 is 2.61 bits per heavy atom. The van der Waals surface area contributed by atoms with Crippen LogP contribution in [0.4, 0.5) is 0 Å². The molecule has 0 saturated heterocycles. The van der Waals surface area contributed by atoms with Crippen LogP contribution >= 0.6 is 11.6 Å². The monoisotopic (exact) mass is 263 g/mol. The number of hydrogen-bond donors (Lipinski definition) is 0. The van der Waals surface area contributed by atoms with Gasteiger partial charge >= 0.3 is 0 Å². The maximum atomic E-state index is 5.92. The number of alkyl halides is 1. The summed E-state index contributed by atoms with van der Waals surface area (Å²) in [5.74, 6) is 2.19. The minimum atomic E-state index is 0.404. The first-order chi connectivity index (χ1) is 8.81. The van der Waals surface area contributed by atoms with Crippen LogP contribution in [0.2, 0.25) is 0 Å². The van der Waals surface area contributed by atoms with E-state index < -0.39 is 0 Å². The Bertz CT molecular complexity index is 520. The highest BCUT2D eigenvalue weighted by Gasteiger charge is 2.14. The Hall–Kier alpha value is -1.35. The van der Waals surface area contributed by atoms with Crippen molar-refractivity contribution in [3.05, 3.63) is 35.7 Å². The summed E-state index contributed by atoms with van der Waals surface area (Å²) in [4.78, 5) is 0. The molecule has 0 aliphatic rings. The second kappa shape index (κ2) is 6.01. The predicted molar refractivity (Wildman–Crippen MR) is 74.7 cm³/mol. The molecule has 0 spiro atoms. The van der Waals surface area contributed by atoms with Crippen LogP contribution in [0.5, 0.6) is 0 Å². The molecule has 0 fully saturated rings. The van der Waals surface area contributed by atoms with Crippen molar-refractivity contribution in [2.75, 3.05) is 0 Å². The number of aromatic nitrogens is 3. The summed E-state index contributed by atoms with van der Waals surface area (Å²) < 4.78 is 2.13. The second-order valence-corrected chi connectivity index (χ2v) is 4.50. The molecule has 96 valence electrons. The Morgan fingerprint density at radius 2 is 1.94 bits per heavy atom. The molecule has 1 aromatic carbocycles. The molecule has 1 heterocycles. The zero-order valence-electron chi connectivity index (χ0n) is 10.9. The van der Waals surface area contributed by atoms with Gasteiger partial charge in [0.05, 0.1) is 5.88 Å². The van der Waals surface area contributed by atoms with Crippen molar-refractivity contribution in [2.45, 2.75) is 39.1 Å². The Balaban J connectivity index is 2.52. The standard InChI is InChI=1S/C14H18ClN3/c1-3-9-18-13(10-15)16-17-14(18)12-8-6-5-7-11(12)4-2/h5-8H,3-4,9-10H2,1-2H3. The van der Waals surface area contributed by atoms with Crippen molar-refractivity contribution in [3.8, 4) is 11.4 Å². The smallest absolute Gasteiger partial charge is 0.164 e. The van der Waals surface area contributed by atoms with E-state index in [2.05, 4.69) is 46.8 Å². The largest absolute Gasteiger partial charge is 0.310 e. The fraction of sp³-hybridized carbons (Fsp3) is 0.429. The van der Waals surface area contributed by atoms with E-state index >= 15 is 0 Å². The SMILES string of the molecule is CCCn1c(CCl)nnc1-c1ccccc1CC. The van der Waals surface area contributed by atoms with E-state index in [0.717, 1.165) is 36.6 Å². The van der Waals surface area contributed by atoms with Crippen LogP contribution in [0.1, 0.15) is 31.7 Å². The summed E-state index contributed by atoms with van der Waals surface area (Å²) in [6.45, 7) is 5.21. The molecule has 0 radical (unpaired) electrons. The van der Waals surface area contributed by atoms with Gasteiger partial charge in [0.25, 0.3) is 0 Å². The summed E-state index contributed by atoms with van der Waals surface area (Å²) in [5.41, 5.74) is 2.46. The third-order valence-electron chi connectivity index (χ3n) is 3.03. The zero-order chi connectivity index (χ0) is 13.0. The van der Waals surface area contributed by atoms with Gasteiger partial charge in [-0.1, -0.05) is 38.1 Å². The molecule has 4 heteroatoms. The van der Waals surface area contributed by atoms with Gasteiger partial charge in [-0.3, -0.25) is 0 Å². The molecule has 0 atom stereocenters. The van der Waals surface area contributed by atoms with Crippen molar-refractivity contribution in [1.82, 2.24) is 14.8 Å². The molecule has 2 aromatic rings. The molecule has 0 unspecified atom stereocenters. The number of benzene rings is 1. The van der Waals surface area contributed by atoms with Gasteiger partial charge < -0.3 is 4.57 Å². The highest BCUT2D eigenvalue weighted by atomic mass is 35.5.